The van der Waals surface area contributed by atoms with Gasteiger partial charge in [0.1, 0.15) is 11.8 Å². The highest BCUT2D eigenvalue weighted by Gasteiger charge is 2.59. The van der Waals surface area contributed by atoms with Gasteiger partial charge in [0, 0.05) is 11.5 Å². The summed E-state index contributed by atoms with van der Waals surface area (Å²) < 4.78 is 16.7. The smallest absolute Gasteiger partial charge is 0.192 e. The molecule has 0 aliphatic heterocycles. The van der Waals surface area contributed by atoms with Crippen LogP contribution >= 0.6 is 0 Å². The number of anilines is 1. The molecule has 2 aromatic heterocycles. The van der Waals surface area contributed by atoms with Crippen LogP contribution in [0.3, 0.4) is 0 Å². The van der Waals surface area contributed by atoms with Crippen molar-refractivity contribution in [2.24, 2.45) is 5.41 Å². The quantitative estimate of drug-likeness (QED) is 0.444. The second-order valence-electron chi connectivity index (χ2n) is 14.0. The molecule has 9 heteroatoms. The van der Waals surface area contributed by atoms with Gasteiger partial charge in [0.2, 0.25) is 0 Å². The number of nitrogen functional groups attached to an aromatic ring is 1. The first-order valence-corrected chi connectivity index (χ1v) is 19.1. The van der Waals surface area contributed by atoms with Crippen LogP contribution in [0.2, 0.25) is 36.3 Å². The van der Waals surface area contributed by atoms with Gasteiger partial charge in [-0.05, 0) is 61.9 Å². The molecule has 2 aromatic rings. The first-order chi connectivity index (χ1) is 16.0. The molecule has 2 N–H and O–H groups in total. The zero-order valence-corrected chi connectivity index (χ0v) is 25.6. The van der Waals surface area contributed by atoms with Crippen molar-refractivity contribution in [3.63, 3.8) is 0 Å². The van der Waals surface area contributed by atoms with E-state index in [0.717, 1.165) is 31.3 Å². The molecule has 2 saturated carbocycles. The second-order valence-corrected chi connectivity index (χ2v) is 23.5. The van der Waals surface area contributed by atoms with Crippen LogP contribution in [0.25, 0.3) is 11.2 Å². The molecule has 4 atom stereocenters. The fourth-order valence-electron chi connectivity index (χ4n) is 5.56. The highest BCUT2D eigenvalue weighted by atomic mass is 28.4. The largest absolute Gasteiger partial charge is 0.413 e. The van der Waals surface area contributed by atoms with Gasteiger partial charge in [-0.2, -0.15) is 0 Å². The van der Waals surface area contributed by atoms with Crippen molar-refractivity contribution in [1.82, 2.24) is 19.5 Å². The van der Waals surface area contributed by atoms with Crippen LogP contribution < -0.4 is 5.73 Å². The minimum Gasteiger partial charge on any atom is -0.413 e. The molecule has 0 aromatic carbocycles. The van der Waals surface area contributed by atoms with Gasteiger partial charge >= 0.3 is 0 Å². The van der Waals surface area contributed by atoms with Gasteiger partial charge < -0.3 is 19.2 Å². The van der Waals surface area contributed by atoms with Crippen LogP contribution in [0.15, 0.2) is 12.7 Å². The van der Waals surface area contributed by atoms with Gasteiger partial charge in [0.05, 0.1) is 18.5 Å². The Labute approximate surface area is 213 Å². The fourth-order valence-corrected chi connectivity index (χ4v) is 8.37. The Morgan fingerprint density at radius 3 is 2.14 bits per heavy atom. The molecule has 196 valence electrons. The molecule has 0 bridgehead atoms. The molecule has 0 saturated heterocycles. The molecule has 4 rings (SSSR count). The number of rotatable bonds is 5. The molecule has 0 radical (unpaired) electrons. The summed E-state index contributed by atoms with van der Waals surface area (Å²) in [4.78, 5) is 13.3. The summed E-state index contributed by atoms with van der Waals surface area (Å²) in [5, 5.41) is 0.337. The SMILES string of the molecule is CC(C)(C)[Si](C)(C)O[C@H]1C[C@H](n2cnc3c(N)ncnc32)C[C@]12CCC[C@H]2O[Si](C)(C)C(C)(C)C. The molecule has 0 unspecified atom stereocenters. The normalized spacial score (nSPS) is 28.5. The van der Waals surface area contributed by atoms with Crippen LogP contribution in [0, 0.1) is 5.41 Å². The maximum atomic E-state index is 7.28. The van der Waals surface area contributed by atoms with Crippen molar-refractivity contribution in [3.05, 3.63) is 12.7 Å². The van der Waals surface area contributed by atoms with E-state index in [1.165, 1.54) is 6.42 Å². The lowest BCUT2D eigenvalue weighted by molar-refractivity contribution is -0.0175. The number of nitrogens with two attached hydrogens (primary N) is 1. The summed E-state index contributed by atoms with van der Waals surface area (Å²) in [5.74, 6) is 0.440. The van der Waals surface area contributed by atoms with Crippen molar-refractivity contribution in [2.75, 3.05) is 5.73 Å². The van der Waals surface area contributed by atoms with E-state index in [-0.39, 0.29) is 33.7 Å². The maximum Gasteiger partial charge on any atom is 0.192 e. The van der Waals surface area contributed by atoms with Crippen molar-refractivity contribution in [3.8, 4) is 0 Å². The van der Waals surface area contributed by atoms with Crippen LogP contribution in [0.1, 0.15) is 79.7 Å². The fraction of sp³-hybridized carbons (Fsp3) is 0.808. The summed E-state index contributed by atoms with van der Waals surface area (Å²) in [6, 6.07) is 0.257. The maximum absolute atomic E-state index is 7.28. The van der Waals surface area contributed by atoms with E-state index in [4.69, 9.17) is 14.6 Å². The molecular weight excluding hydrogens is 470 g/mol. The van der Waals surface area contributed by atoms with Gasteiger partial charge in [-0.3, -0.25) is 0 Å². The lowest BCUT2D eigenvalue weighted by Gasteiger charge is -2.47. The second kappa shape index (κ2) is 8.63. The number of nitrogens with zero attached hydrogens (tertiary/aromatic N) is 4. The number of hydrogen-bond donors (Lipinski definition) is 1. The molecule has 2 fully saturated rings. The minimum atomic E-state index is -1.98. The first kappa shape index (κ1) is 26.8. The predicted molar refractivity (Wildman–Crippen MR) is 148 cm³/mol. The zero-order chi connectivity index (χ0) is 26.0. The van der Waals surface area contributed by atoms with E-state index in [0.29, 0.717) is 11.3 Å². The van der Waals surface area contributed by atoms with Crippen molar-refractivity contribution >= 4 is 33.6 Å². The third-order valence-corrected chi connectivity index (χ3v) is 18.7. The summed E-state index contributed by atoms with van der Waals surface area (Å²) in [5.41, 5.74) is 7.65. The highest BCUT2D eigenvalue weighted by molar-refractivity contribution is 6.74. The van der Waals surface area contributed by atoms with Crippen LogP contribution in [-0.2, 0) is 8.85 Å². The average Bonchev–Trinajstić information content (AvgIpc) is 3.39. The van der Waals surface area contributed by atoms with Crippen molar-refractivity contribution in [1.29, 1.82) is 0 Å². The third kappa shape index (κ3) is 4.62. The topological polar surface area (TPSA) is 88.1 Å². The predicted octanol–water partition coefficient (Wildman–Crippen LogP) is 6.69. The average molecular weight is 518 g/mol. The lowest BCUT2D eigenvalue weighted by Crippen LogP contribution is -2.53. The first-order valence-electron chi connectivity index (χ1n) is 13.3. The Hall–Kier alpha value is -1.30. The van der Waals surface area contributed by atoms with Crippen molar-refractivity contribution in [2.45, 2.75) is 128 Å². The number of fused-ring (bicyclic) bond motifs is 1. The standard InChI is InChI=1S/C26H47N5O2Si2/c1-24(2,3)34(7,8)32-19-12-11-13-26(19)15-18(14-20(26)33-35(9,10)25(4,5)6)31-17-30-21-22(27)28-16-29-23(21)31/h16-20H,11-15H2,1-10H3,(H2,27,28,29)/t18-,19+,20-,26-/m0/s1. The molecule has 2 aliphatic rings. The zero-order valence-electron chi connectivity index (χ0n) is 23.6. The molecule has 2 heterocycles. The van der Waals surface area contributed by atoms with E-state index >= 15 is 0 Å². The summed E-state index contributed by atoms with van der Waals surface area (Å²) in [6.45, 7) is 23.5. The van der Waals surface area contributed by atoms with Gasteiger partial charge in [0.25, 0.3) is 0 Å². The number of aromatic nitrogens is 4. The van der Waals surface area contributed by atoms with Gasteiger partial charge in [0.15, 0.2) is 28.1 Å². The minimum absolute atomic E-state index is 0.0187. The highest BCUT2D eigenvalue weighted by Crippen LogP contribution is 2.59. The van der Waals surface area contributed by atoms with Crippen LogP contribution in [0.4, 0.5) is 5.82 Å². The van der Waals surface area contributed by atoms with E-state index in [2.05, 4.69) is 87.2 Å². The van der Waals surface area contributed by atoms with E-state index in [1.807, 2.05) is 6.33 Å². The van der Waals surface area contributed by atoms with Gasteiger partial charge in [-0.15, -0.1) is 0 Å². The summed E-state index contributed by atoms with van der Waals surface area (Å²) >= 11 is 0. The monoisotopic (exact) mass is 517 g/mol. The molecule has 35 heavy (non-hydrogen) atoms. The Bertz CT molecular complexity index is 1070. The van der Waals surface area contributed by atoms with Gasteiger partial charge in [-0.1, -0.05) is 48.0 Å². The third-order valence-electron chi connectivity index (χ3n) is 9.76. The van der Waals surface area contributed by atoms with Crippen LogP contribution in [-0.4, -0.2) is 48.4 Å². The lowest BCUT2D eigenvalue weighted by atomic mass is 9.80. The van der Waals surface area contributed by atoms with Gasteiger partial charge in [-0.25, -0.2) is 15.0 Å². The number of imidazole rings is 1. The Morgan fingerprint density at radius 1 is 0.943 bits per heavy atom. The van der Waals surface area contributed by atoms with E-state index in [9.17, 15) is 0 Å². The van der Waals surface area contributed by atoms with Crippen molar-refractivity contribution < 1.29 is 8.85 Å². The summed E-state index contributed by atoms with van der Waals surface area (Å²) in [6.07, 6.45) is 9.32. The molecule has 0 amide bonds. The molecule has 1 spiro atoms. The van der Waals surface area contributed by atoms with Crippen LogP contribution in [0.5, 0.6) is 0 Å². The Kier molecular flexibility index (Phi) is 6.60. The van der Waals surface area contributed by atoms with E-state index < -0.39 is 16.6 Å². The molecule has 7 nitrogen and oxygen atoms in total. The molecular formula is C26H47N5O2Si2. The Morgan fingerprint density at radius 2 is 1.54 bits per heavy atom. The number of hydrogen-bond acceptors (Lipinski definition) is 6. The summed E-state index contributed by atoms with van der Waals surface area (Å²) in [7, 11) is -3.91. The molecule has 2 aliphatic carbocycles. The van der Waals surface area contributed by atoms with E-state index in [1.54, 1.807) is 6.33 Å². The Balaban J connectivity index is 1.74.